The Kier molecular flexibility index (Phi) is 4.81. The molecule has 98 valence electrons. The van der Waals surface area contributed by atoms with Crippen LogP contribution in [0.5, 0.6) is 5.88 Å². The quantitative estimate of drug-likeness (QED) is 0.851. The van der Waals surface area contributed by atoms with Crippen LogP contribution < -0.4 is 10.1 Å². The Morgan fingerprint density at radius 2 is 2.17 bits per heavy atom. The molecule has 1 aromatic rings. The van der Waals surface area contributed by atoms with Gasteiger partial charge >= 0.3 is 0 Å². The van der Waals surface area contributed by atoms with Gasteiger partial charge in [0.2, 0.25) is 11.8 Å². The van der Waals surface area contributed by atoms with E-state index in [1.165, 1.54) is 0 Å². The number of pyridine rings is 1. The molecule has 2 rings (SSSR count). The molecule has 1 aromatic heterocycles. The number of alkyl halides is 1. The highest BCUT2D eigenvalue weighted by atomic mass is 35.5. The second-order valence-electron chi connectivity index (χ2n) is 4.46. The highest BCUT2D eigenvalue weighted by molar-refractivity contribution is 6.27. The van der Waals surface area contributed by atoms with Crippen molar-refractivity contribution in [3.63, 3.8) is 0 Å². The van der Waals surface area contributed by atoms with E-state index >= 15 is 0 Å². The smallest absolute Gasteiger partial charge is 0.235 e. The van der Waals surface area contributed by atoms with Gasteiger partial charge in [0.25, 0.3) is 0 Å². The van der Waals surface area contributed by atoms with Crippen molar-refractivity contribution in [3.8, 4) is 5.88 Å². The summed E-state index contributed by atoms with van der Waals surface area (Å²) in [6, 6.07) is 5.88. The molecule has 1 aliphatic carbocycles. The molecule has 0 unspecified atom stereocenters. The number of carbonyl (C=O) groups excluding carboxylic acids is 1. The summed E-state index contributed by atoms with van der Waals surface area (Å²) in [7, 11) is 0. The predicted molar refractivity (Wildman–Crippen MR) is 69.8 cm³/mol. The lowest BCUT2D eigenvalue weighted by Crippen LogP contribution is -2.40. The van der Waals surface area contributed by atoms with E-state index in [1.54, 1.807) is 6.20 Å². The summed E-state index contributed by atoms with van der Waals surface area (Å²) in [4.78, 5) is 15.3. The summed E-state index contributed by atoms with van der Waals surface area (Å²) in [5, 5.41) is 2.91. The lowest BCUT2D eigenvalue weighted by atomic mass is 9.93. The molecule has 1 fully saturated rings. The number of aromatic nitrogens is 1. The van der Waals surface area contributed by atoms with Crippen LogP contribution in [0.1, 0.15) is 25.7 Å². The average molecular weight is 269 g/mol. The Labute approximate surface area is 112 Å². The average Bonchev–Trinajstić information content (AvgIpc) is 2.42. The maximum atomic E-state index is 11.2. The summed E-state index contributed by atoms with van der Waals surface area (Å²) in [5.74, 6) is 0.612. The third-order valence-electron chi connectivity index (χ3n) is 3.09. The van der Waals surface area contributed by atoms with Crippen molar-refractivity contribution in [3.05, 3.63) is 24.4 Å². The molecule has 0 aliphatic heterocycles. The van der Waals surface area contributed by atoms with Gasteiger partial charge in [-0.25, -0.2) is 4.98 Å². The molecule has 4 nitrogen and oxygen atoms in total. The van der Waals surface area contributed by atoms with Crippen molar-refractivity contribution in [2.75, 3.05) is 5.88 Å². The summed E-state index contributed by atoms with van der Waals surface area (Å²) in [6.07, 6.45) is 5.65. The van der Waals surface area contributed by atoms with E-state index in [9.17, 15) is 4.79 Å². The molecule has 1 saturated carbocycles. The second kappa shape index (κ2) is 6.59. The summed E-state index contributed by atoms with van der Waals surface area (Å²) < 4.78 is 5.79. The molecule has 0 spiro atoms. The Hall–Kier alpha value is -1.29. The van der Waals surface area contributed by atoms with Crippen LogP contribution in [0.3, 0.4) is 0 Å². The molecule has 18 heavy (non-hydrogen) atoms. The zero-order chi connectivity index (χ0) is 12.8. The first kappa shape index (κ1) is 13.1. The fraction of sp³-hybridized carbons (Fsp3) is 0.538. The van der Waals surface area contributed by atoms with Gasteiger partial charge in [0.1, 0.15) is 12.0 Å². The largest absolute Gasteiger partial charge is 0.474 e. The van der Waals surface area contributed by atoms with Crippen LogP contribution in [-0.2, 0) is 4.79 Å². The van der Waals surface area contributed by atoms with Gasteiger partial charge in [0.15, 0.2) is 0 Å². The molecular formula is C13H17ClN2O2. The van der Waals surface area contributed by atoms with Gasteiger partial charge in [-0.1, -0.05) is 6.07 Å². The third-order valence-corrected chi connectivity index (χ3v) is 3.33. The van der Waals surface area contributed by atoms with Gasteiger partial charge in [-0.05, 0) is 31.7 Å². The molecule has 0 saturated heterocycles. The lowest BCUT2D eigenvalue weighted by molar-refractivity contribution is -0.119. The second-order valence-corrected chi connectivity index (χ2v) is 4.73. The van der Waals surface area contributed by atoms with E-state index in [-0.39, 0.29) is 23.9 Å². The first-order chi connectivity index (χ1) is 8.78. The molecule has 0 radical (unpaired) electrons. The number of nitrogens with zero attached hydrogens (tertiary/aromatic N) is 1. The molecule has 0 bridgehead atoms. The van der Waals surface area contributed by atoms with Crippen molar-refractivity contribution in [1.29, 1.82) is 0 Å². The number of ether oxygens (including phenoxy) is 1. The number of rotatable bonds is 4. The number of nitrogens with one attached hydrogen (secondary N) is 1. The van der Waals surface area contributed by atoms with Crippen LogP contribution in [0.4, 0.5) is 0 Å². The topological polar surface area (TPSA) is 51.2 Å². The van der Waals surface area contributed by atoms with E-state index < -0.39 is 0 Å². The van der Waals surface area contributed by atoms with E-state index in [2.05, 4.69) is 10.3 Å². The zero-order valence-electron chi connectivity index (χ0n) is 10.1. The maximum Gasteiger partial charge on any atom is 0.235 e. The fourth-order valence-electron chi connectivity index (χ4n) is 2.18. The van der Waals surface area contributed by atoms with E-state index in [0.717, 1.165) is 25.7 Å². The molecule has 0 atom stereocenters. The van der Waals surface area contributed by atoms with Crippen molar-refractivity contribution >= 4 is 17.5 Å². The Morgan fingerprint density at radius 3 is 2.78 bits per heavy atom. The minimum Gasteiger partial charge on any atom is -0.474 e. The van der Waals surface area contributed by atoms with Gasteiger partial charge < -0.3 is 10.1 Å². The molecule has 5 heteroatoms. The highest BCUT2D eigenvalue weighted by Crippen LogP contribution is 2.22. The third kappa shape index (κ3) is 3.88. The summed E-state index contributed by atoms with van der Waals surface area (Å²) in [5.41, 5.74) is 0. The number of hydrogen-bond donors (Lipinski definition) is 1. The van der Waals surface area contributed by atoms with Crippen LogP contribution in [0.2, 0.25) is 0 Å². The SMILES string of the molecule is O=C(CCl)NC1CCC(Oc2ccccn2)CC1. The van der Waals surface area contributed by atoms with Gasteiger partial charge in [-0.15, -0.1) is 11.6 Å². The number of amides is 1. The fourth-order valence-corrected chi connectivity index (χ4v) is 2.26. The minimum atomic E-state index is -0.0919. The first-order valence-electron chi connectivity index (χ1n) is 6.21. The monoisotopic (exact) mass is 268 g/mol. The number of carbonyl (C=O) groups is 1. The van der Waals surface area contributed by atoms with Gasteiger partial charge in [0.05, 0.1) is 0 Å². The lowest BCUT2D eigenvalue weighted by Gasteiger charge is -2.29. The predicted octanol–water partition coefficient (Wildman–Crippen LogP) is 2.13. The minimum absolute atomic E-state index is 0.0321. The Morgan fingerprint density at radius 1 is 1.39 bits per heavy atom. The van der Waals surface area contributed by atoms with Crippen molar-refractivity contribution < 1.29 is 9.53 Å². The standard InChI is InChI=1S/C13H17ClN2O2/c14-9-12(17)16-10-4-6-11(7-5-10)18-13-3-1-2-8-15-13/h1-3,8,10-11H,4-7,9H2,(H,16,17). The Balaban J connectivity index is 1.75. The zero-order valence-corrected chi connectivity index (χ0v) is 10.9. The van der Waals surface area contributed by atoms with Crippen molar-refractivity contribution in [1.82, 2.24) is 10.3 Å². The first-order valence-corrected chi connectivity index (χ1v) is 6.74. The van der Waals surface area contributed by atoms with E-state index in [0.29, 0.717) is 5.88 Å². The number of hydrogen-bond acceptors (Lipinski definition) is 3. The highest BCUT2D eigenvalue weighted by Gasteiger charge is 2.23. The molecular weight excluding hydrogens is 252 g/mol. The van der Waals surface area contributed by atoms with E-state index in [4.69, 9.17) is 16.3 Å². The maximum absolute atomic E-state index is 11.2. The molecule has 1 amide bonds. The van der Waals surface area contributed by atoms with E-state index in [1.807, 2.05) is 18.2 Å². The van der Waals surface area contributed by atoms with Crippen LogP contribution in [0.15, 0.2) is 24.4 Å². The van der Waals surface area contributed by atoms with Crippen LogP contribution in [-0.4, -0.2) is 28.9 Å². The van der Waals surface area contributed by atoms with Gasteiger partial charge in [-0.2, -0.15) is 0 Å². The summed E-state index contributed by atoms with van der Waals surface area (Å²) in [6.45, 7) is 0. The van der Waals surface area contributed by atoms with Gasteiger partial charge in [-0.3, -0.25) is 4.79 Å². The molecule has 1 N–H and O–H groups in total. The molecule has 1 heterocycles. The van der Waals surface area contributed by atoms with Crippen LogP contribution in [0, 0.1) is 0 Å². The Bertz CT molecular complexity index is 378. The van der Waals surface area contributed by atoms with Crippen LogP contribution in [0.25, 0.3) is 0 Å². The van der Waals surface area contributed by atoms with Crippen LogP contribution >= 0.6 is 11.6 Å². The summed E-state index contributed by atoms with van der Waals surface area (Å²) >= 11 is 5.46. The van der Waals surface area contributed by atoms with Gasteiger partial charge in [0, 0.05) is 18.3 Å². The van der Waals surface area contributed by atoms with Crippen molar-refractivity contribution in [2.24, 2.45) is 0 Å². The molecule has 0 aromatic carbocycles. The molecule has 1 aliphatic rings. The normalized spacial score (nSPS) is 23.4. The van der Waals surface area contributed by atoms with Crippen molar-refractivity contribution in [2.45, 2.75) is 37.8 Å². The number of halogens is 1.